The van der Waals surface area contributed by atoms with E-state index in [4.69, 9.17) is 23.2 Å². The molecule has 1 unspecified atom stereocenters. The number of nitrogens with zero attached hydrogens (tertiary/aromatic N) is 1. The summed E-state index contributed by atoms with van der Waals surface area (Å²) in [5, 5.41) is 3.81. The molecule has 0 saturated carbocycles. The zero-order valence-corrected chi connectivity index (χ0v) is 7.93. The second kappa shape index (κ2) is 3.87. The Balaban J connectivity index is 3.04. The predicted molar refractivity (Wildman–Crippen MR) is 50.7 cm³/mol. The van der Waals surface area contributed by atoms with Crippen molar-refractivity contribution in [2.45, 2.75) is 13.0 Å². The Labute approximate surface area is 80.5 Å². The summed E-state index contributed by atoms with van der Waals surface area (Å²) in [7, 11) is 0. The Hall–Kier alpha value is -0.600. The molecule has 0 heterocycles. The summed E-state index contributed by atoms with van der Waals surface area (Å²) in [5.41, 5.74) is 0.777. The van der Waals surface area contributed by atoms with Gasteiger partial charge in [-0.2, -0.15) is 4.91 Å². The number of nitroso groups, excluding NO2 is 1. The van der Waals surface area contributed by atoms with Gasteiger partial charge >= 0.3 is 0 Å². The maximum atomic E-state index is 10.2. The number of rotatable bonds is 2. The van der Waals surface area contributed by atoms with E-state index in [1.54, 1.807) is 25.1 Å². The molecule has 0 aliphatic carbocycles. The molecule has 0 bridgehead atoms. The molecule has 0 fully saturated rings. The number of hydrogen-bond acceptors (Lipinski definition) is 2. The molecule has 1 atom stereocenters. The predicted octanol–water partition coefficient (Wildman–Crippen LogP) is 3.82. The van der Waals surface area contributed by atoms with E-state index in [1.807, 2.05) is 0 Å². The molecule has 2 nitrogen and oxygen atoms in total. The molecule has 0 aromatic heterocycles. The molecule has 1 aromatic carbocycles. The summed E-state index contributed by atoms with van der Waals surface area (Å²) in [6.45, 7) is 1.70. The van der Waals surface area contributed by atoms with E-state index in [0.29, 0.717) is 10.0 Å². The van der Waals surface area contributed by atoms with E-state index < -0.39 is 0 Å². The zero-order chi connectivity index (χ0) is 9.14. The van der Waals surface area contributed by atoms with E-state index >= 15 is 0 Å². The van der Waals surface area contributed by atoms with Crippen molar-refractivity contribution in [1.29, 1.82) is 0 Å². The first-order valence-corrected chi connectivity index (χ1v) is 4.18. The van der Waals surface area contributed by atoms with Crippen molar-refractivity contribution in [3.05, 3.63) is 38.7 Å². The minimum atomic E-state index is -0.375. The van der Waals surface area contributed by atoms with Crippen LogP contribution in [0.15, 0.2) is 23.4 Å². The Morgan fingerprint density at radius 1 is 1.33 bits per heavy atom. The molecule has 0 aliphatic rings. The van der Waals surface area contributed by atoms with Gasteiger partial charge in [0.25, 0.3) is 0 Å². The standard InChI is InChI=1S/C8H7Cl2NO/c1-5(11-12)6-2-3-7(9)8(10)4-6/h2-5H,1H3. The van der Waals surface area contributed by atoms with Crippen LogP contribution < -0.4 is 0 Å². The van der Waals surface area contributed by atoms with Crippen LogP contribution in [0.4, 0.5) is 0 Å². The summed E-state index contributed by atoms with van der Waals surface area (Å²) in [4.78, 5) is 10.2. The molecule has 0 spiro atoms. The van der Waals surface area contributed by atoms with Crippen LogP contribution in [0.3, 0.4) is 0 Å². The number of hydrogen-bond donors (Lipinski definition) is 0. The third kappa shape index (κ3) is 1.96. The first-order chi connectivity index (χ1) is 5.65. The summed E-state index contributed by atoms with van der Waals surface area (Å²) in [5.74, 6) is 0. The molecule has 0 saturated heterocycles. The lowest BCUT2D eigenvalue weighted by molar-refractivity contribution is 0.812. The van der Waals surface area contributed by atoms with Gasteiger partial charge in [0.05, 0.1) is 10.0 Å². The van der Waals surface area contributed by atoms with Crippen LogP contribution in [-0.2, 0) is 0 Å². The van der Waals surface area contributed by atoms with Gasteiger partial charge in [0.1, 0.15) is 6.04 Å². The second-order valence-corrected chi connectivity index (χ2v) is 3.27. The minimum Gasteiger partial charge on any atom is -0.150 e. The van der Waals surface area contributed by atoms with Crippen molar-refractivity contribution in [3.63, 3.8) is 0 Å². The van der Waals surface area contributed by atoms with Crippen LogP contribution in [0.25, 0.3) is 0 Å². The average molecular weight is 204 g/mol. The highest BCUT2D eigenvalue weighted by atomic mass is 35.5. The molecule has 0 radical (unpaired) electrons. The fraction of sp³-hybridized carbons (Fsp3) is 0.250. The van der Waals surface area contributed by atoms with Gasteiger partial charge in [0, 0.05) is 0 Å². The maximum Gasteiger partial charge on any atom is 0.114 e. The highest BCUT2D eigenvalue weighted by Crippen LogP contribution is 2.26. The van der Waals surface area contributed by atoms with Gasteiger partial charge < -0.3 is 0 Å². The Morgan fingerprint density at radius 3 is 2.50 bits per heavy atom. The van der Waals surface area contributed by atoms with E-state index in [-0.39, 0.29) is 6.04 Å². The molecule has 1 aromatic rings. The highest BCUT2D eigenvalue weighted by molar-refractivity contribution is 6.42. The van der Waals surface area contributed by atoms with Gasteiger partial charge in [-0.3, -0.25) is 0 Å². The van der Waals surface area contributed by atoms with E-state index in [1.165, 1.54) is 0 Å². The number of benzene rings is 1. The molecule has 4 heteroatoms. The van der Waals surface area contributed by atoms with Crippen molar-refractivity contribution in [2.75, 3.05) is 0 Å². The Bertz CT molecular complexity index is 301. The summed E-state index contributed by atoms with van der Waals surface area (Å²) >= 11 is 11.4. The van der Waals surface area contributed by atoms with Crippen LogP contribution in [0.1, 0.15) is 18.5 Å². The monoisotopic (exact) mass is 203 g/mol. The van der Waals surface area contributed by atoms with Crippen LogP contribution >= 0.6 is 23.2 Å². The van der Waals surface area contributed by atoms with Crippen molar-refractivity contribution in [1.82, 2.24) is 0 Å². The lowest BCUT2D eigenvalue weighted by Gasteiger charge is -2.03. The molecule has 64 valence electrons. The lowest BCUT2D eigenvalue weighted by atomic mass is 10.1. The largest absolute Gasteiger partial charge is 0.150 e. The minimum absolute atomic E-state index is 0.375. The molecule has 0 N–H and O–H groups in total. The third-order valence-electron chi connectivity index (χ3n) is 1.58. The quantitative estimate of drug-likeness (QED) is 0.673. The fourth-order valence-corrected chi connectivity index (χ4v) is 1.14. The summed E-state index contributed by atoms with van der Waals surface area (Å²) in [6.07, 6.45) is 0. The molecular weight excluding hydrogens is 197 g/mol. The first-order valence-electron chi connectivity index (χ1n) is 3.42. The molecule has 1 rings (SSSR count). The zero-order valence-electron chi connectivity index (χ0n) is 6.42. The van der Waals surface area contributed by atoms with Crippen molar-refractivity contribution < 1.29 is 0 Å². The average Bonchev–Trinajstić information content (AvgIpc) is 2.08. The van der Waals surface area contributed by atoms with Gasteiger partial charge in [-0.1, -0.05) is 34.4 Å². The van der Waals surface area contributed by atoms with Gasteiger partial charge in [0.15, 0.2) is 0 Å². The maximum absolute atomic E-state index is 10.2. The van der Waals surface area contributed by atoms with Gasteiger partial charge in [-0.15, -0.1) is 0 Å². The molecule has 12 heavy (non-hydrogen) atoms. The van der Waals surface area contributed by atoms with E-state index in [2.05, 4.69) is 5.18 Å². The molecule has 0 amide bonds. The summed E-state index contributed by atoms with van der Waals surface area (Å²) < 4.78 is 0. The fourth-order valence-electron chi connectivity index (χ4n) is 0.833. The molecule has 0 aliphatic heterocycles. The van der Waals surface area contributed by atoms with Gasteiger partial charge in [0.2, 0.25) is 0 Å². The van der Waals surface area contributed by atoms with Crippen molar-refractivity contribution >= 4 is 23.2 Å². The second-order valence-electron chi connectivity index (χ2n) is 2.45. The Morgan fingerprint density at radius 2 is 2.00 bits per heavy atom. The first kappa shape index (κ1) is 9.49. The highest BCUT2D eigenvalue weighted by Gasteiger charge is 2.06. The SMILES string of the molecule is CC(N=O)c1ccc(Cl)c(Cl)c1. The van der Waals surface area contributed by atoms with Crippen molar-refractivity contribution in [3.8, 4) is 0 Å². The van der Waals surface area contributed by atoms with Gasteiger partial charge in [-0.05, 0) is 24.6 Å². The van der Waals surface area contributed by atoms with Crippen LogP contribution in [0, 0.1) is 4.91 Å². The van der Waals surface area contributed by atoms with Crippen LogP contribution in [0.2, 0.25) is 10.0 Å². The van der Waals surface area contributed by atoms with Crippen LogP contribution in [0.5, 0.6) is 0 Å². The third-order valence-corrected chi connectivity index (χ3v) is 2.32. The van der Waals surface area contributed by atoms with E-state index in [9.17, 15) is 4.91 Å². The van der Waals surface area contributed by atoms with Gasteiger partial charge in [-0.25, -0.2) is 0 Å². The summed E-state index contributed by atoms with van der Waals surface area (Å²) in [6, 6.07) is 4.66. The number of halogens is 2. The smallest absolute Gasteiger partial charge is 0.114 e. The van der Waals surface area contributed by atoms with Crippen molar-refractivity contribution in [2.24, 2.45) is 5.18 Å². The lowest BCUT2D eigenvalue weighted by Crippen LogP contribution is -1.87. The van der Waals surface area contributed by atoms with E-state index in [0.717, 1.165) is 5.56 Å². The normalized spacial score (nSPS) is 12.6. The van der Waals surface area contributed by atoms with Crippen LogP contribution in [-0.4, -0.2) is 0 Å². The molecular formula is C8H7Cl2NO. The Kier molecular flexibility index (Phi) is 3.06. The topological polar surface area (TPSA) is 29.4 Å².